The highest BCUT2D eigenvalue weighted by molar-refractivity contribution is 6.22. The minimum absolute atomic E-state index is 0.0894. The van der Waals surface area contributed by atoms with Gasteiger partial charge in [-0.3, -0.25) is 19.9 Å². The van der Waals surface area contributed by atoms with E-state index in [0.717, 1.165) is 38.2 Å². The van der Waals surface area contributed by atoms with Gasteiger partial charge in [-0.05, 0) is 49.4 Å². The van der Waals surface area contributed by atoms with Crippen molar-refractivity contribution in [2.45, 2.75) is 44.2 Å². The number of amides is 2. The number of nitrogens with two attached hydrogens (primary N) is 1. The molecule has 1 aliphatic heterocycles. The zero-order valence-corrected chi connectivity index (χ0v) is 19.5. The maximum atomic E-state index is 12.0. The predicted octanol–water partition coefficient (Wildman–Crippen LogP) is 1.58. The average molecular weight is 475 g/mol. The fourth-order valence-corrected chi connectivity index (χ4v) is 4.23. The van der Waals surface area contributed by atoms with Crippen LogP contribution in [0.5, 0.6) is 0 Å². The molecule has 2 aromatic rings. The van der Waals surface area contributed by atoms with E-state index < -0.39 is 11.4 Å². The summed E-state index contributed by atoms with van der Waals surface area (Å²) in [6.45, 7) is 2.33. The normalized spacial score (nSPS) is 17.9. The van der Waals surface area contributed by atoms with E-state index in [2.05, 4.69) is 38.8 Å². The monoisotopic (exact) mass is 474 g/mol. The van der Waals surface area contributed by atoms with Crippen LogP contribution in [0.4, 0.5) is 0 Å². The van der Waals surface area contributed by atoms with E-state index in [0.29, 0.717) is 12.8 Å². The molecule has 2 amide bonds. The standard InChI is InChI=1S/C25H30N8O2/c26-11-8-25(29-16-21(23(28)34)22(27)31-24(35)19-4-5-19)9-14-32(15-10-25)17-18-2-6-20(7-3-18)33-13-1-12-30-33/h1-3,6-7,12-13,16,19,29H,4-5,8-10,14-15,17H2,(H2,28,34)(H2,27,31,35)/b21-16+. The van der Waals surface area contributed by atoms with Crippen molar-refractivity contribution in [3.05, 3.63) is 60.1 Å². The number of likely N-dealkylation sites (tertiary alicyclic amines) is 1. The number of primary amides is 1. The lowest BCUT2D eigenvalue weighted by Crippen LogP contribution is -2.51. The number of rotatable bonds is 9. The van der Waals surface area contributed by atoms with Gasteiger partial charge in [-0.1, -0.05) is 12.1 Å². The predicted molar refractivity (Wildman–Crippen MR) is 130 cm³/mol. The number of amidine groups is 1. The molecule has 1 aromatic heterocycles. The first kappa shape index (κ1) is 24.2. The zero-order valence-electron chi connectivity index (χ0n) is 19.5. The van der Waals surface area contributed by atoms with E-state index in [1.165, 1.54) is 11.8 Å². The Bertz CT molecular complexity index is 1140. The second-order valence-corrected chi connectivity index (χ2v) is 9.21. The Labute approximate surface area is 204 Å². The topological polar surface area (TPSA) is 153 Å². The number of nitrogens with zero attached hydrogens (tertiary/aromatic N) is 4. The molecule has 0 bridgehead atoms. The third-order valence-corrected chi connectivity index (χ3v) is 6.60. The quantitative estimate of drug-likeness (QED) is 0.246. The van der Waals surface area contributed by atoms with Gasteiger partial charge >= 0.3 is 0 Å². The number of nitriles is 1. The molecule has 1 saturated heterocycles. The van der Waals surface area contributed by atoms with Gasteiger partial charge in [-0.2, -0.15) is 10.4 Å². The van der Waals surface area contributed by atoms with Gasteiger partial charge < -0.3 is 16.4 Å². The SMILES string of the molecule is N#CCC1(N/C=C(\C(=N)NC(=O)C2CC2)C(N)=O)CCN(Cc2ccc(-n3cccn3)cc2)CC1. The van der Waals surface area contributed by atoms with Gasteiger partial charge in [-0.25, -0.2) is 4.68 Å². The molecule has 1 saturated carbocycles. The van der Waals surface area contributed by atoms with Gasteiger partial charge in [0.15, 0.2) is 0 Å². The third-order valence-electron chi connectivity index (χ3n) is 6.60. The molecule has 1 aliphatic carbocycles. The summed E-state index contributed by atoms with van der Waals surface area (Å²) in [5.74, 6) is -1.47. The molecule has 10 nitrogen and oxygen atoms in total. The van der Waals surface area contributed by atoms with Gasteiger partial charge in [0.25, 0.3) is 5.91 Å². The first-order chi connectivity index (χ1) is 16.9. The van der Waals surface area contributed by atoms with Crippen LogP contribution in [0.1, 0.15) is 37.7 Å². The van der Waals surface area contributed by atoms with Crippen LogP contribution in [0, 0.1) is 22.7 Å². The van der Waals surface area contributed by atoms with Crippen LogP contribution in [-0.2, 0) is 16.1 Å². The minimum Gasteiger partial charge on any atom is -0.384 e. The van der Waals surface area contributed by atoms with Crippen molar-refractivity contribution in [2.75, 3.05) is 13.1 Å². The number of hydrogen-bond acceptors (Lipinski definition) is 7. The number of aromatic nitrogens is 2. The lowest BCUT2D eigenvalue weighted by atomic mass is 9.84. The van der Waals surface area contributed by atoms with Gasteiger partial charge in [0, 0.05) is 44.1 Å². The van der Waals surface area contributed by atoms with Crippen molar-refractivity contribution < 1.29 is 9.59 Å². The van der Waals surface area contributed by atoms with E-state index in [-0.39, 0.29) is 29.7 Å². The van der Waals surface area contributed by atoms with Crippen LogP contribution in [0.3, 0.4) is 0 Å². The summed E-state index contributed by atoms with van der Waals surface area (Å²) in [6.07, 6.45) is 8.27. The van der Waals surface area contributed by atoms with Crippen molar-refractivity contribution in [2.24, 2.45) is 11.7 Å². The zero-order chi connectivity index (χ0) is 24.8. The molecule has 0 unspecified atom stereocenters. The first-order valence-electron chi connectivity index (χ1n) is 11.7. The van der Waals surface area contributed by atoms with Crippen LogP contribution in [0.2, 0.25) is 0 Å². The molecule has 1 aromatic carbocycles. The number of piperidine rings is 1. The van der Waals surface area contributed by atoms with E-state index in [1.54, 1.807) is 6.20 Å². The Hall–Kier alpha value is -3.97. The number of carbonyl (C=O) groups is 2. The lowest BCUT2D eigenvalue weighted by Gasteiger charge is -2.41. The van der Waals surface area contributed by atoms with E-state index in [4.69, 9.17) is 11.1 Å². The molecule has 5 N–H and O–H groups in total. The Balaban J connectivity index is 1.36. The molecule has 2 heterocycles. The van der Waals surface area contributed by atoms with Crippen molar-refractivity contribution in [1.82, 2.24) is 25.3 Å². The molecule has 2 aliphatic rings. The van der Waals surface area contributed by atoms with Crippen molar-refractivity contribution >= 4 is 17.6 Å². The summed E-state index contributed by atoms with van der Waals surface area (Å²) in [6, 6.07) is 12.4. The van der Waals surface area contributed by atoms with E-state index >= 15 is 0 Å². The second-order valence-electron chi connectivity index (χ2n) is 9.21. The summed E-state index contributed by atoms with van der Waals surface area (Å²) in [7, 11) is 0. The Morgan fingerprint density at radius 2 is 1.97 bits per heavy atom. The highest BCUT2D eigenvalue weighted by Crippen LogP contribution is 2.29. The van der Waals surface area contributed by atoms with Crippen LogP contribution in [0.25, 0.3) is 5.69 Å². The summed E-state index contributed by atoms with van der Waals surface area (Å²) in [5.41, 5.74) is 7.03. The molecule has 182 valence electrons. The fourth-order valence-electron chi connectivity index (χ4n) is 4.23. The number of hydrogen-bond donors (Lipinski definition) is 4. The number of nitrogens with one attached hydrogen (secondary N) is 3. The largest absolute Gasteiger partial charge is 0.384 e. The highest BCUT2D eigenvalue weighted by Gasteiger charge is 2.35. The maximum Gasteiger partial charge on any atom is 0.253 e. The Morgan fingerprint density at radius 3 is 2.54 bits per heavy atom. The summed E-state index contributed by atoms with van der Waals surface area (Å²) in [5, 5.41) is 27.5. The lowest BCUT2D eigenvalue weighted by molar-refractivity contribution is -0.120. The van der Waals surface area contributed by atoms with Crippen LogP contribution in [-0.4, -0.2) is 51.0 Å². The minimum atomic E-state index is -0.804. The van der Waals surface area contributed by atoms with Gasteiger partial charge in [0.1, 0.15) is 5.84 Å². The number of carbonyl (C=O) groups excluding carboxylic acids is 2. The summed E-state index contributed by atoms with van der Waals surface area (Å²) in [4.78, 5) is 26.2. The number of benzene rings is 1. The average Bonchev–Trinajstić information content (AvgIpc) is 3.56. The van der Waals surface area contributed by atoms with Gasteiger partial charge in [0.05, 0.1) is 29.3 Å². The smallest absolute Gasteiger partial charge is 0.253 e. The van der Waals surface area contributed by atoms with Crippen molar-refractivity contribution in [3.63, 3.8) is 0 Å². The fraction of sp³-hybridized carbons (Fsp3) is 0.400. The molecule has 0 radical (unpaired) electrons. The second kappa shape index (κ2) is 10.5. The molecule has 10 heteroatoms. The van der Waals surface area contributed by atoms with Crippen molar-refractivity contribution in [3.8, 4) is 11.8 Å². The molecular formula is C25H30N8O2. The molecule has 2 fully saturated rings. The Kier molecular flexibility index (Phi) is 7.27. The molecular weight excluding hydrogens is 444 g/mol. The van der Waals surface area contributed by atoms with Crippen LogP contribution in [0.15, 0.2) is 54.5 Å². The van der Waals surface area contributed by atoms with Crippen molar-refractivity contribution in [1.29, 1.82) is 10.7 Å². The van der Waals surface area contributed by atoms with Crippen LogP contribution >= 0.6 is 0 Å². The molecule has 0 atom stereocenters. The van der Waals surface area contributed by atoms with Gasteiger partial charge in [0.2, 0.25) is 5.91 Å². The molecule has 4 rings (SSSR count). The summed E-state index contributed by atoms with van der Waals surface area (Å²) >= 11 is 0. The highest BCUT2D eigenvalue weighted by atomic mass is 16.2. The van der Waals surface area contributed by atoms with E-state index in [1.807, 2.05) is 29.1 Å². The first-order valence-corrected chi connectivity index (χ1v) is 11.7. The molecule has 35 heavy (non-hydrogen) atoms. The van der Waals surface area contributed by atoms with E-state index in [9.17, 15) is 14.9 Å². The van der Waals surface area contributed by atoms with Gasteiger partial charge in [-0.15, -0.1) is 0 Å². The maximum absolute atomic E-state index is 12.0. The third kappa shape index (κ3) is 6.13. The molecule has 0 spiro atoms. The Morgan fingerprint density at radius 1 is 1.26 bits per heavy atom. The van der Waals surface area contributed by atoms with Crippen LogP contribution < -0.4 is 16.4 Å². The summed E-state index contributed by atoms with van der Waals surface area (Å²) < 4.78 is 1.82.